The summed E-state index contributed by atoms with van der Waals surface area (Å²) >= 11 is 9.69. The minimum Gasteiger partial charge on any atom is -0.393 e. The van der Waals surface area contributed by atoms with Crippen LogP contribution in [0.15, 0.2) is 22.7 Å². The lowest BCUT2D eigenvalue weighted by molar-refractivity contribution is 0.108. The minimum atomic E-state index is -0.0745. The smallest absolute Gasteiger partial charge is 0.0540 e. The lowest BCUT2D eigenvalue weighted by atomic mass is 9.87. The first-order chi connectivity index (χ1) is 9.06. The van der Waals surface area contributed by atoms with Crippen molar-refractivity contribution >= 4 is 27.5 Å². The lowest BCUT2D eigenvalue weighted by Gasteiger charge is -2.27. The third-order valence-corrected chi connectivity index (χ3v) is 4.78. The van der Waals surface area contributed by atoms with Crippen molar-refractivity contribution in [1.82, 2.24) is 5.32 Å². The topological polar surface area (TPSA) is 32.3 Å². The second kappa shape index (κ2) is 7.07. The molecule has 0 spiro atoms. The molecule has 2 nitrogen and oxygen atoms in total. The number of hydrogen-bond acceptors (Lipinski definition) is 2. The Balaban J connectivity index is 1.85. The lowest BCUT2D eigenvalue weighted by Crippen LogP contribution is -2.29. The van der Waals surface area contributed by atoms with E-state index in [1.807, 2.05) is 12.1 Å². The van der Waals surface area contributed by atoms with Crippen LogP contribution in [0.1, 0.15) is 44.2 Å². The fraction of sp³-hybridized carbons (Fsp3) is 0.600. The number of hydrogen-bond donors (Lipinski definition) is 2. The molecule has 19 heavy (non-hydrogen) atoms. The summed E-state index contributed by atoms with van der Waals surface area (Å²) < 4.78 is 1.01. The first kappa shape index (κ1) is 15.3. The van der Waals surface area contributed by atoms with Crippen LogP contribution in [-0.4, -0.2) is 17.8 Å². The molecule has 0 amide bonds. The molecule has 2 N–H and O–H groups in total. The quantitative estimate of drug-likeness (QED) is 0.851. The predicted octanol–water partition coefficient (Wildman–Crippen LogP) is 4.30. The summed E-state index contributed by atoms with van der Waals surface area (Å²) in [4.78, 5) is 0. The van der Waals surface area contributed by atoms with Gasteiger partial charge in [0.1, 0.15) is 0 Å². The van der Waals surface area contributed by atoms with E-state index in [0.29, 0.717) is 5.92 Å². The Morgan fingerprint density at radius 3 is 2.68 bits per heavy atom. The van der Waals surface area contributed by atoms with Gasteiger partial charge in [0.15, 0.2) is 0 Å². The molecule has 0 heterocycles. The van der Waals surface area contributed by atoms with Crippen molar-refractivity contribution in [1.29, 1.82) is 0 Å². The van der Waals surface area contributed by atoms with Crippen LogP contribution in [0, 0.1) is 5.92 Å². The normalized spacial score (nSPS) is 25.3. The molecule has 1 aliphatic rings. The third-order valence-electron chi connectivity index (χ3n) is 3.96. The first-order valence-corrected chi connectivity index (χ1v) is 8.09. The highest BCUT2D eigenvalue weighted by Crippen LogP contribution is 2.28. The van der Waals surface area contributed by atoms with E-state index in [9.17, 15) is 5.11 Å². The predicted molar refractivity (Wildman–Crippen MR) is 83.5 cm³/mol. The van der Waals surface area contributed by atoms with Crippen molar-refractivity contribution in [2.24, 2.45) is 5.92 Å². The zero-order valence-electron chi connectivity index (χ0n) is 11.2. The molecule has 0 aliphatic heterocycles. The van der Waals surface area contributed by atoms with Crippen LogP contribution in [0.4, 0.5) is 0 Å². The number of rotatable bonds is 4. The molecule has 4 heteroatoms. The maximum Gasteiger partial charge on any atom is 0.0540 e. The summed E-state index contributed by atoms with van der Waals surface area (Å²) in [5.74, 6) is 0.681. The second-order valence-electron chi connectivity index (χ2n) is 5.47. The summed E-state index contributed by atoms with van der Waals surface area (Å²) in [5.41, 5.74) is 1.14. The van der Waals surface area contributed by atoms with Crippen molar-refractivity contribution in [3.05, 3.63) is 33.3 Å². The average molecular weight is 347 g/mol. The maximum atomic E-state index is 9.50. The molecule has 0 saturated heterocycles. The van der Waals surface area contributed by atoms with E-state index in [4.69, 9.17) is 11.6 Å². The largest absolute Gasteiger partial charge is 0.393 e. The van der Waals surface area contributed by atoms with Gasteiger partial charge in [-0.05, 0) is 62.8 Å². The highest BCUT2D eigenvalue weighted by molar-refractivity contribution is 9.10. The summed E-state index contributed by atoms with van der Waals surface area (Å²) in [7, 11) is 0. The van der Waals surface area contributed by atoms with Crippen LogP contribution in [-0.2, 0) is 0 Å². The molecule has 0 bridgehead atoms. The Morgan fingerprint density at radius 2 is 2.05 bits per heavy atom. The molecular formula is C15H21BrClNO. The summed E-state index contributed by atoms with van der Waals surface area (Å²) in [5, 5.41) is 13.9. The number of halogens is 2. The Morgan fingerprint density at radius 1 is 1.37 bits per heavy atom. The van der Waals surface area contributed by atoms with Gasteiger partial charge in [-0.1, -0.05) is 33.6 Å². The Labute approximate surface area is 128 Å². The van der Waals surface area contributed by atoms with Gasteiger partial charge in [0.05, 0.1) is 6.10 Å². The van der Waals surface area contributed by atoms with Crippen LogP contribution < -0.4 is 5.32 Å². The summed E-state index contributed by atoms with van der Waals surface area (Å²) in [6.07, 6.45) is 4.05. The molecule has 1 atom stereocenters. The van der Waals surface area contributed by atoms with Crippen molar-refractivity contribution in [3.8, 4) is 0 Å². The van der Waals surface area contributed by atoms with Crippen LogP contribution in [0.3, 0.4) is 0 Å². The highest BCUT2D eigenvalue weighted by atomic mass is 79.9. The molecule has 1 aromatic rings. The van der Waals surface area contributed by atoms with E-state index in [1.165, 1.54) is 0 Å². The number of aliphatic hydroxyl groups is 1. The fourth-order valence-electron chi connectivity index (χ4n) is 2.66. The van der Waals surface area contributed by atoms with Crippen LogP contribution in [0.5, 0.6) is 0 Å². The summed E-state index contributed by atoms with van der Waals surface area (Å²) in [6, 6.07) is 6.28. The Kier molecular flexibility index (Phi) is 5.70. The zero-order valence-corrected chi connectivity index (χ0v) is 13.5. The van der Waals surface area contributed by atoms with Crippen molar-refractivity contribution in [3.63, 3.8) is 0 Å². The van der Waals surface area contributed by atoms with Crippen molar-refractivity contribution < 1.29 is 5.11 Å². The Bertz CT molecular complexity index is 419. The molecule has 1 saturated carbocycles. The molecule has 1 unspecified atom stereocenters. The standard InChI is InChI=1S/C15H21BrClNO/c1-10(14-7-4-12(16)8-15(14)17)18-9-11-2-5-13(19)6-3-11/h4,7-8,10-11,13,18-19H,2-3,5-6,9H2,1H3. The van der Waals surface area contributed by atoms with Gasteiger partial charge in [0.25, 0.3) is 0 Å². The average Bonchev–Trinajstić information content (AvgIpc) is 2.37. The molecule has 1 aliphatic carbocycles. The Hall–Kier alpha value is -0.0900. The van der Waals surface area contributed by atoms with Crippen LogP contribution in [0.2, 0.25) is 5.02 Å². The molecule has 2 rings (SSSR count). The molecule has 0 radical (unpaired) electrons. The van der Waals surface area contributed by atoms with E-state index >= 15 is 0 Å². The van der Waals surface area contributed by atoms with Gasteiger partial charge < -0.3 is 10.4 Å². The van der Waals surface area contributed by atoms with Crippen molar-refractivity contribution in [2.45, 2.75) is 44.8 Å². The minimum absolute atomic E-state index is 0.0745. The van der Waals surface area contributed by atoms with Gasteiger partial charge in [-0.25, -0.2) is 0 Å². The molecular weight excluding hydrogens is 326 g/mol. The van der Waals surface area contributed by atoms with Gasteiger partial charge in [-0.15, -0.1) is 0 Å². The van der Waals surface area contributed by atoms with Gasteiger partial charge in [0.2, 0.25) is 0 Å². The fourth-order valence-corrected chi connectivity index (χ4v) is 3.49. The first-order valence-electron chi connectivity index (χ1n) is 6.92. The molecule has 1 aromatic carbocycles. The maximum absolute atomic E-state index is 9.50. The van der Waals surface area contributed by atoms with Crippen molar-refractivity contribution in [2.75, 3.05) is 6.54 Å². The van der Waals surface area contributed by atoms with Crippen LogP contribution in [0.25, 0.3) is 0 Å². The molecule has 1 fully saturated rings. The van der Waals surface area contributed by atoms with E-state index in [0.717, 1.165) is 47.3 Å². The van der Waals surface area contributed by atoms with E-state index in [-0.39, 0.29) is 12.1 Å². The monoisotopic (exact) mass is 345 g/mol. The number of aliphatic hydroxyl groups excluding tert-OH is 1. The SMILES string of the molecule is CC(NCC1CCC(O)CC1)c1ccc(Br)cc1Cl. The second-order valence-corrected chi connectivity index (χ2v) is 6.79. The molecule has 106 valence electrons. The number of benzene rings is 1. The van der Waals surface area contributed by atoms with Gasteiger partial charge in [-0.2, -0.15) is 0 Å². The zero-order chi connectivity index (χ0) is 13.8. The third kappa shape index (κ3) is 4.45. The van der Waals surface area contributed by atoms with E-state index < -0.39 is 0 Å². The molecule has 0 aromatic heterocycles. The van der Waals surface area contributed by atoms with Gasteiger partial charge >= 0.3 is 0 Å². The van der Waals surface area contributed by atoms with E-state index in [2.05, 4.69) is 34.2 Å². The summed E-state index contributed by atoms with van der Waals surface area (Å²) in [6.45, 7) is 3.15. The van der Waals surface area contributed by atoms with E-state index in [1.54, 1.807) is 0 Å². The van der Waals surface area contributed by atoms with Crippen LogP contribution >= 0.6 is 27.5 Å². The van der Waals surface area contributed by atoms with Gasteiger partial charge in [0, 0.05) is 15.5 Å². The highest BCUT2D eigenvalue weighted by Gasteiger charge is 2.20. The number of nitrogens with one attached hydrogen (secondary N) is 1. The van der Waals surface area contributed by atoms with Gasteiger partial charge in [-0.3, -0.25) is 0 Å².